The molecule has 0 atom stereocenters. The topological polar surface area (TPSA) is 48.1 Å². The maximum atomic E-state index is 12.4. The van der Waals surface area contributed by atoms with Gasteiger partial charge < -0.3 is 10.5 Å². The van der Waals surface area contributed by atoms with Gasteiger partial charge in [0.05, 0.1) is 12.7 Å². The van der Waals surface area contributed by atoms with Gasteiger partial charge in [-0.3, -0.25) is 0 Å². The monoisotopic (exact) mass is 300 g/mol. The Hall–Kier alpha value is -0.660. The molecule has 0 spiro atoms. The van der Waals surface area contributed by atoms with Crippen molar-refractivity contribution in [2.45, 2.75) is 6.43 Å². The molecule has 1 rings (SSSR count). The molecule has 0 bridgehead atoms. The quantitative estimate of drug-likeness (QED) is 0.852. The minimum absolute atomic E-state index is 0.112. The number of ether oxygens (including phenoxy) is 1. The molecule has 1 aromatic rings. The molecule has 13 heavy (non-hydrogen) atoms. The Morgan fingerprint density at radius 1 is 1.62 bits per heavy atom. The van der Waals surface area contributed by atoms with Crippen molar-refractivity contribution in [1.82, 2.24) is 4.98 Å². The van der Waals surface area contributed by atoms with Gasteiger partial charge in [0.25, 0.3) is 6.43 Å². The summed E-state index contributed by atoms with van der Waals surface area (Å²) in [6, 6.07) is 1.38. The predicted octanol–water partition coefficient (Wildman–Crippen LogP) is 2.21. The third-order valence-electron chi connectivity index (χ3n) is 1.40. The number of nitrogens with zero attached hydrogens (tertiary/aromatic N) is 1. The largest absolute Gasteiger partial charge is 0.481 e. The van der Waals surface area contributed by atoms with E-state index in [0.29, 0.717) is 3.57 Å². The van der Waals surface area contributed by atoms with Crippen LogP contribution in [0.4, 0.5) is 14.6 Å². The Labute approximate surface area is 87.4 Å². The van der Waals surface area contributed by atoms with E-state index >= 15 is 0 Å². The van der Waals surface area contributed by atoms with Gasteiger partial charge in [-0.1, -0.05) is 0 Å². The van der Waals surface area contributed by atoms with Crippen LogP contribution in [0.5, 0.6) is 5.88 Å². The number of hydrogen-bond acceptors (Lipinski definition) is 3. The summed E-state index contributed by atoms with van der Waals surface area (Å²) in [5, 5.41) is 0. The van der Waals surface area contributed by atoms with E-state index in [-0.39, 0.29) is 17.3 Å². The lowest BCUT2D eigenvalue weighted by molar-refractivity contribution is 0.145. The van der Waals surface area contributed by atoms with Gasteiger partial charge in [0.1, 0.15) is 5.82 Å². The molecular formula is C7H7F2IN2O. The Kier molecular flexibility index (Phi) is 3.23. The van der Waals surface area contributed by atoms with Gasteiger partial charge in [-0.25, -0.2) is 8.78 Å². The minimum Gasteiger partial charge on any atom is -0.481 e. The van der Waals surface area contributed by atoms with Crippen molar-refractivity contribution in [3.63, 3.8) is 0 Å². The average molecular weight is 300 g/mol. The highest BCUT2D eigenvalue weighted by Gasteiger charge is 2.19. The lowest BCUT2D eigenvalue weighted by Crippen LogP contribution is -2.02. The normalized spacial score (nSPS) is 10.5. The van der Waals surface area contributed by atoms with Crippen LogP contribution in [0.1, 0.15) is 12.0 Å². The molecule has 0 aliphatic rings. The number of pyridine rings is 1. The number of hydrogen-bond donors (Lipinski definition) is 1. The first-order valence-corrected chi connectivity index (χ1v) is 4.42. The Balaban J connectivity index is 3.30. The van der Waals surface area contributed by atoms with E-state index in [0.717, 1.165) is 0 Å². The standard InChI is InChI=1S/C7H7F2IN2O/c1-13-7-5(6(8)9)3(10)2-4(11)12-7/h2,6H,1H3,(H2,11,12). The Bertz CT molecular complexity index is 320. The van der Waals surface area contributed by atoms with E-state index in [1.807, 2.05) is 0 Å². The molecule has 2 N–H and O–H groups in total. The summed E-state index contributed by atoms with van der Waals surface area (Å²) in [6.07, 6.45) is -2.60. The summed E-state index contributed by atoms with van der Waals surface area (Å²) in [5.41, 5.74) is 5.15. The fraction of sp³-hybridized carbons (Fsp3) is 0.286. The first-order chi connectivity index (χ1) is 6.06. The Morgan fingerprint density at radius 2 is 2.23 bits per heavy atom. The highest BCUT2D eigenvalue weighted by atomic mass is 127. The predicted molar refractivity (Wildman–Crippen MR) is 52.9 cm³/mol. The first-order valence-electron chi connectivity index (χ1n) is 3.34. The molecular weight excluding hydrogens is 293 g/mol. The highest BCUT2D eigenvalue weighted by molar-refractivity contribution is 14.1. The molecule has 0 amide bonds. The first kappa shape index (κ1) is 10.4. The summed E-state index contributed by atoms with van der Waals surface area (Å²) in [4.78, 5) is 3.64. The van der Waals surface area contributed by atoms with Crippen LogP contribution < -0.4 is 10.5 Å². The van der Waals surface area contributed by atoms with E-state index in [4.69, 9.17) is 10.5 Å². The van der Waals surface area contributed by atoms with Crippen LogP contribution in [-0.2, 0) is 0 Å². The maximum absolute atomic E-state index is 12.4. The summed E-state index contributed by atoms with van der Waals surface area (Å²) in [5.74, 6) is 0.0602. The smallest absolute Gasteiger partial charge is 0.270 e. The zero-order valence-electron chi connectivity index (χ0n) is 6.72. The van der Waals surface area contributed by atoms with Crippen LogP contribution in [0.3, 0.4) is 0 Å². The van der Waals surface area contributed by atoms with Crippen LogP contribution in [0, 0.1) is 3.57 Å². The highest BCUT2D eigenvalue weighted by Crippen LogP contribution is 2.32. The molecule has 0 unspecified atom stereocenters. The lowest BCUT2D eigenvalue weighted by atomic mass is 10.3. The van der Waals surface area contributed by atoms with Crippen molar-refractivity contribution in [1.29, 1.82) is 0 Å². The molecule has 0 aliphatic carbocycles. The fourth-order valence-corrected chi connectivity index (χ4v) is 1.66. The molecule has 0 saturated carbocycles. The second-order valence-corrected chi connectivity index (χ2v) is 3.41. The van der Waals surface area contributed by atoms with Gasteiger partial charge in [-0.2, -0.15) is 4.98 Å². The zero-order chi connectivity index (χ0) is 10.0. The number of nitrogens with two attached hydrogens (primary N) is 1. The second-order valence-electron chi connectivity index (χ2n) is 2.25. The van der Waals surface area contributed by atoms with Gasteiger partial charge >= 0.3 is 0 Å². The summed E-state index contributed by atoms with van der Waals surface area (Å²) in [7, 11) is 1.28. The molecule has 0 saturated heterocycles. The third kappa shape index (κ3) is 2.17. The molecule has 1 aromatic heterocycles. The number of halogens is 3. The van der Waals surface area contributed by atoms with E-state index in [9.17, 15) is 8.78 Å². The van der Waals surface area contributed by atoms with Gasteiger partial charge in [-0.15, -0.1) is 0 Å². The van der Waals surface area contributed by atoms with Crippen LogP contribution in [0.25, 0.3) is 0 Å². The Morgan fingerprint density at radius 3 is 2.69 bits per heavy atom. The molecule has 1 heterocycles. The molecule has 0 fully saturated rings. The number of anilines is 1. The zero-order valence-corrected chi connectivity index (χ0v) is 8.88. The SMILES string of the molecule is COc1nc(N)cc(I)c1C(F)F. The van der Waals surface area contributed by atoms with Gasteiger partial charge in [0, 0.05) is 3.57 Å². The third-order valence-corrected chi connectivity index (χ3v) is 2.30. The molecule has 6 heteroatoms. The van der Waals surface area contributed by atoms with Crippen molar-refractivity contribution in [3.8, 4) is 5.88 Å². The minimum atomic E-state index is -2.60. The van der Waals surface area contributed by atoms with Crippen molar-refractivity contribution >= 4 is 28.4 Å². The summed E-state index contributed by atoms with van der Waals surface area (Å²) >= 11 is 1.77. The average Bonchev–Trinajstić information content (AvgIpc) is 2.01. The molecule has 0 radical (unpaired) electrons. The molecule has 0 aromatic carbocycles. The molecule has 0 aliphatic heterocycles. The van der Waals surface area contributed by atoms with E-state index < -0.39 is 6.43 Å². The van der Waals surface area contributed by atoms with Gasteiger partial charge in [0.2, 0.25) is 5.88 Å². The molecule has 3 nitrogen and oxygen atoms in total. The lowest BCUT2D eigenvalue weighted by Gasteiger charge is -2.09. The second kappa shape index (κ2) is 4.03. The number of rotatable bonds is 2. The number of methoxy groups -OCH3 is 1. The molecule has 72 valence electrons. The van der Waals surface area contributed by atoms with Crippen molar-refractivity contribution < 1.29 is 13.5 Å². The van der Waals surface area contributed by atoms with Crippen LogP contribution in [-0.4, -0.2) is 12.1 Å². The van der Waals surface area contributed by atoms with Crippen molar-refractivity contribution in [2.75, 3.05) is 12.8 Å². The van der Waals surface area contributed by atoms with Crippen molar-refractivity contribution in [3.05, 3.63) is 15.2 Å². The van der Waals surface area contributed by atoms with E-state index in [1.54, 1.807) is 22.6 Å². The van der Waals surface area contributed by atoms with Crippen LogP contribution >= 0.6 is 22.6 Å². The van der Waals surface area contributed by atoms with Crippen LogP contribution in [0.15, 0.2) is 6.07 Å². The van der Waals surface area contributed by atoms with Crippen LogP contribution in [0.2, 0.25) is 0 Å². The number of aromatic nitrogens is 1. The summed E-state index contributed by atoms with van der Waals surface area (Å²) in [6.45, 7) is 0. The van der Waals surface area contributed by atoms with E-state index in [2.05, 4.69) is 4.98 Å². The van der Waals surface area contributed by atoms with E-state index in [1.165, 1.54) is 13.2 Å². The fourth-order valence-electron chi connectivity index (χ4n) is 0.873. The number of nitrogen functional groups attached to an aromatic ring is 1. The van der Waals surface area contributed by atoms with Gasteiger partial charge in [0.15, 0.2) is 0 Å². The van der Waals surface area contributed by atoms with Gasteiger partial charge in [-0.05, 0) is 28.7 Å². The number of alkyl halides is 2. The maximum Gasteiger partial charge on any atom is 0.270 e. The summed E-state index contributed by atoms with van der Waals surface area (Å²) < 4.78 is 29.9. The van der Waals surface area contributed by atoms with Crippen molar-refractivity contribution in [2.24, 2.45) is 0 Å².